The molecule has 0 atom stereocenters. The first kappa shape index (κ1) is 10.5. The minimum atomic E-state index is 0.738. The predicted molar refractivity (Wildman–Crippen MR) is 51.5 cm³/mol. The third-order valence-electron chi connectivity index (χ3n) is 1.57. The first-order valence-corrected chi connectivity index (χ1v) is 4.63. The van der Waals surface area contributed by atoms with Crippen LogP contribution in [0, 0.1) is 5.92 Å². The average molecular weight is 155 g/mol. The van der Waals surface area contributed by atoms with Crippen LogP contribution in [0.1, 0.15) is 40.5 Å². The molecule has 0 heterocycles. The number of rotatable bonds is 5. The normalized spacial score (nSPS) is 12.3. The fraction of sp³-hybridized carbons (Fsp3) is 0.800. The molecule has 0 saturated carbocycles. The average Bonchev–Trinajstić information content (AvgIpc) is 1.97. The summed E-state index contributed by atoms with van der Waals surface area (Å²) in [6.07, 6.45) is 4.53. The zero-order valence-corrected chi connectivity index (χ0v) is 8.28. The van der Waals surface area contributed by atoms with Crippen LogP contribution < -0.4 is 5.32 Å². The molecular weight excluding hydrogens is 134 g/mol. The zero-order valence-electron chi connectivity index (χ0n) is 8.28. The third-order valence-corrected chi connectivity index (χ3v) is 1.57. The Morgan fingerprint density at radius 3 is 2.36 bits per heavy atom. The van der Waals surface area contributed by atoms with Crippen LogP contribution in [0.25, 0.3) is 0 Å². The van der Waals surface area contributed by atoms with Crippen LogP contribution in [0.4, 0.5) is 0 Å². The van der Waals surface area contributed by atoms with E-state index in [1.54, 1.807) is 0 Å². The molecule has 0 saturated heterocycles. The van der Waals surface area contributed by atoms with Gasteiger partial charge in [-0.15, -0.1) is 0 Å². The lowest BCUT2D eigenvalue weighted by atomic mass is 10.2. The summed E-state index contributed by atoms with van der Waals surface area (Å²) < 4.78 is 0. The molecule has 0 spiro atoms. The molecule has 0 aliphatic heterocycles. The van der Waals surface area contributed by atoms with Crippen LogP contribution in [0.3, 0.4) is 0 Å². The van der Waals surface area contributed by atoms with Crippen molar-refractivity contribution in [3.8, 4) is 0 Å². The summed E-state index contributed by atoms with van der Waals surface area (Å²) in [6.45, 7) is 9.92. The van der Waals surface area contributed by atoms with Crippen LogP contribution >= 0.6 is 0 Å². The van der Waals surface area contributed by atoms with Gasteiger partial charge in [0.15, 0.2) is 0 Å². The highest BCUT2D eigenvalue weighted by atomic mass is 14.9. The largest absolute Gasteiger partial charge is 0.388 e. The van der Waals surface area contributed by atoms with Gasteiger partial charge >= 0.3 is 0 Å². The van der Waals surface area contributed by atoms with Crippen LogP contribution in [0.5, 0.6) is 0 Å². The quantitative estimate of drug-likeness (QED) is 0.643. The molecule has 0 aromatic carbocycles. The van der Waals surface area contributed by atoms with Gasteiger partial charge in [0, 0.05) is 12.2 Å². The molecule has 1 heteroatoms. The van der Waals surface area contributed by atoms with E-state index < -0.39 is 0 Å². The Morgan fingerprint density at radius 2 is 2.00 bits per heavy atom. The summed E-state index contributed by atoms with van der Waals surface area (Å²) in [6, 6.07) is 0. The number of hydrogen-bond acceptors (Lipinski definition) is 1. The van der Waals surface area contributed by atoms with E-state index in [9.17, 15) is 0 Å². The molecular formula is C10H21N. The van der Waals surface area contributed by atoms with Crippen molar-refractivity contribution in [3.05, 3.63) is 11.8 Å². The molecule has 0 radical (unpaired) electrons. The molecule has 1 N–H and O–H groups in total. The number of nitrogens with one attached hydrogen (secondary N) is 1. The van der Waals surface area contributed by atoms with Crippen molar-refractivity contribution in [2.45, 2.75) is 40.5 Å². The van der Waals surface area contributed by atoms with Gasteiger partial charge in [0.05, 0.1) is 0 Å². The lowest BCUT2D eigenvalue weighted by Crippen LogP contribution is -2.18. The Balaban J connectivity index is 3.61. The third kappa shape index (κ3) is 5.96. The molecule has 66 valence electrons. The van der Waals surface area contributed by atoms with Gasteiger partial charge in [-0.05, 0) is 18.8 Å². The first-order valence-electron chi connectivity index (χ1n) is 4.63. The van der Waals surface area contributed by atoms with Gasteiger partial charge in [-0.2, -0.15) is 0 Å². The van der Waals surface area contributed by atoms with Gasteiger partial charge in [-0.25, -0.2) is 0 Å². The molecule has 0 amide bonds. The Morgan fingerprint density at radius 1 is 1.36 bits per heavy atom. The standard InChI is InChI=1S/C10H21N/c1-5-7-10(6-2)11-8-9(3)4/h7,9,11H,5-6,8H2,1-4H3/b10-7-. The van der Waals surface area contributed by atoms with E-state index in [1.165, 1.54) is 5.70 Å². The van der Waals surface area contributed by atoms with E-state index >= 15 is 0 Å². The molecule has 0 aromatic rings. The van der Waals surface area contributed by atoms with Gasteiger partial charge in [-0.3, -0.25) is 0 Å². The minimum absolute atomic E-state index is 0.738. The molecule has 1 nitrogen and oxygen atoms in total. The Labute approximate surface area is 70.9 Å². The summed E-state index contributed by atoms with van der Waals surface area (Å²) in [5, 5.41) is 3.43. The van der Waals surface area contributed by atoms with Gasteiger partial charge in [0.25, 0.3) is 0 Å². The van der Waals surface area contributed by atoms with Crippen LogP contribution in [0.15, 0.2) is 11.8 Å². The summed E-state index contributed by atoms with van der Waals surface area (Å²) in [7, 11) is 0. The second kappa shape index (κ2) is 6.26. The highest BCUT2D eigenvalue weighted by molar-refractivity contribution is 4.97. The molecule has 0 fully saturated rings. The predicted octanol–water partition coefficient (Wildman–Crippen LogP) is 2.94. The van der Waals surface area contributed by atoms with Crippen molar-refractivity contribution in [1.29, 1.82) is 0 Å². The smallest absolute Gasteiger partial charge is 0.0166 e. The zero-order chi connectivity index (χ0) is 8.69. The van der Waals surface area contributed by atoms with Crippen molar-refractivity contribution in [2.75, 3.05) is 6.54 Å². The maximum atomic E-state index is 3.43. The molecule has 0 aliphatic carbocycles. The van der Waals surface area contributed by atoms with E-state index in [0.717, 1.165) is 25.3 Å². The molecule has 0 bridgehead atoms. The van der Waals surface area contributed by atoms with Crippen molar-refractivity contribution in [1.82, 2.24) is 5.32 Å². The molecule has 11 heavy (non-hydrogen) atoms. The van der Waals surface area contributed by atoms with Crippen molar-refractivity contribution >= 4 is 0 Å². The summed E-state index contributed by atoms with van der Waals surface area (Å²) >= 11 is 0. The number of allylic oxidation sites excluding steroid dienone is 2. The van der Waals surface area contributed by atoms with Gasteiger partial charge < -0.3 is 5.32 Å². The van der Waals surface area contributed by atoms with E-state index in [4.69, 9.17) is 0 Å². The molecule has 0 aromatic heterocycles. The van der Waals surface area contributed by atoms with Crippen LogP contribution in [-0.2, 0) is 0 Å². The molecule has 0 rings (SSSR count). The molecule has 0 aliphatic rings. The van der Waals surface area contributed by atoms with Gasteiger partial charge in [0.1, 0.15) is 0 Å². The monoisotopic (exact) mass is 155 g/mol. The summed E-state index contributed by atoms with van der Waals surface area (Å²) in [5.74, 6) is 0.738. The Hall–Kier alpha value is -0.460. The number of hydrogen-bond donors (Lipinski definition) is 1. The fourth-order valence-electron chi connectivity index (χ4n) is 0.923. The van der Waals surface area contributed by atoms with E-state index in [-0.39, 0.29) is 0 Å². The van der Waals surface area contributed by atoms with E-state index in [0.29, 0.717) is 0 Å². The maximum Gasteiger partial charge on any atom is 0.0166 e. The minimum Gasteiger partial charge on any atom is -0.388 e. The second-order valence-corrected chi connectivity index (χ2v) is 3.27. The summed E-state index contributed by atoms with van der Waals surface area (Å²) in [5.41, 5.74) is 1.39. The lowest BCUT2D eigenvalue weighted by molar-refractivity contribution is 0.587. The lowest BCUT2D eigenvalue weighted by Gasteiger charge is -2.10. The molecule has 0 unspecified atom stereocenters. The second-order valence-electron chi connectivity index (χ2n) is 3.27. The Bertz CT molecular complexity index is 114. The van der Waals surface area contributed by atoms with Crippen LogP contribution in [-0.4, -0.2) is 6.54 Å². The maximum absolute atomic E-state index is 3.43. The first-order chi connectivity index (χ1) is 5.20. The van der Waals surface area contributed by atoms with E-state index in [1.807, 2.05) is 0 Å². The SMILES string of the molecule is CC/C=C(/CC)NCC(C)C. The summed E-state index contributed by atoms with van der Waals surface area (Å²) in [4.78, 5) is 0. The highest BCUT2D eigenvalue weighted by Gasteiger charge is 1.94. The topological polar surface area (TPSA) is 12.0 Å². The van der Waals surface area contributed by atoms with E-state index in [2.05, 4.69) is 39.1 Å². The van der Waals surface area contributed by atoms with Crippen molar-refractivity contribution < 1.29 is 0 Å². The van der Waals surface area contributed by atoms with Gasteiger partial charge in [-0.1, -0.05) is 33.8 Å². The highest BCUT2D eigenvalue weighted by Crippen LogP contribution is 1.99. The van der Waals surface area contributed by atoms with Crippen molar-refractivity contribution in [3.63, 3.8) is 0 Å². The Kier molecular flexibility index (Phi) is 6.00. The van der Waals surface area contributed by atoms with Crippen molar-refractivity contribution in [2.24, 2.45) is 5.92 Å². The fourth-order valence-corrected chi connectivity index (χ4v) is 0.923. The van der Waals surface area contributed by atoms with Crippen LogP contribution in [0.2, 0.25) is 0 Å². The van der Waals surface area contributed by atoms with Gasteiger partial charge in [0.2, 0.25) is 0 Å².